The predicted octanol–water partition coefficient (Wildman–Crippen LogP) is 1.44. The van der Waals surface area contributed by atoms with Gasteiger partial charge in [-0.3, -0.25) is 0 Å². The summed E-state index contributed by atoms with van der Waals surface area (Å²) in [6.07, 6.45) is 1.19. The van der Waals surface area contributed by atoms with Crippen LogP contribution in [0.3, 0.4) is 0 Å². The zero-order chi connectivity index (χ0) is 10.3. The van der Waals surface area contributed by atoms with Crippen molar-refractivity contribution in [1.29, 1.82) is 0 Å². The molecule has 0 aliphatic rings. The number of rotatable bonds is 7. The first-order chi connectivity index (χ1) is 6.13. The molecular weight excluding hydrogens is 168 g/mol. The van der Waals surface area contributed by atoms with Gasteiger partial charge in [-0.15, -0.1) is 0 Å². The van der Waals surface area contributed by atoms with E-state index in [4.69, 9.17) is 9.47 Å². The van der Waals surface area contributed by atoms with Crippen LogP contribution in [-0.4, -0.2) is 38.1 Å². The second-order valence-electron chi connectivity index (χ2n) is 3.65. The molecule has 0 spiro atoms. The molecule has 0 aromatic rings. The van der Waals surface area contributed by atoms with Gasteiger partial charge in [-0.05, 0) is 18.8 Å². The van der Waals surface area contributed by atoms with Gasteiger partial charge in [0.25, 0.3) is 0 Å². The Balaban J connectivity index is 3.70. The third kappa shape index (κ3) is 5.24. The minimum absolute atomic E-state index is 0.0585. The van der Waals surface area contributed by atoms with Crippen molar-refractivity contribution >= 4 is 0 Å². The molecule has 80 valence electrons. The highest BCUT2D eigenvalue weighted by atomic mass is 16.5. The first kappa shape index (κ1) is 12.9. The molecule has 0 radical (unpaired) electrons. The molecule has 0 amide bonds. The van der Waals surface area contributed by atoms with E-state index in [1.807, 2.05) is 13.8 Å². The third-order valence-electron chi connectivity index (χ3n) is 2.16. The van der Waals surface area contributed by atoms with Gasteiger partial charge in [0.2, 0.25) is 0 Å². The average molecular weight is 190 g/mol. The molecule has 0 saturated heterocycles. The largest absolute Gasteiger partial charge is 0.390 e. The number of hydrogen-bond acceptors (Lipinski definition) is 3. The number of aliphatic hydroxyl groups excluding tert-OH is 1. The summed E-state index contributed by atoms with van der Waals surface area (Å²) in [6.45, 7) is 4.80. The Labute approximate surface area is 81.0 Å². The van der Waals surface area contributed by atoms with Crippen molar-refractivity contribution in [2.24, 2.45) is 5.92 Å². The van der Waals surface area contributed by atoms with Gasteiger partial charge in [0.15, 0.2) is 0 Å². The van der Waals surface area contributed by atoms with Gasteiger partial charge in [0.1, 0.15) is 0 Å². The minimum atomic E-state index is -0.375. The van der Waals surface area contributed by atoms with E-state index in [0.29, 0.717) is 12.5 Å². The standard InChI is InChI=1S/C10H22O3/c1-8(2)10(13-4)9(11)6-5-7-12-3/h8-11H,5-7H2,1-4H3. The van der Waals surface area contributed by atoms with Crippen LogP contribution in [0.5, 0.6) is 0 Å². The summed E-state index contributed by atoms with van der Waals surface area (Å²) in [4.78, 5) is 0. The van der Waals surface area contributed by atoms with Crippen LogP contribution in [0.4, 0.5) is 0 Å². The Morgan fingerprint density at radius 2 is 1.85 bits per heavy atom. The number of methoxy groups -OCH3 is 2. The first-order valence-electron chi connectivity index (χ1n) is 4.83. The Hall–Kier alpha value is -0.120. The quantitative estimate of drug-likeness (QED) is 0.617. The van der Waals surface area contributed by atoms with Crippen molar-refractivity contribution in [3.8, 4) is 0 Å². The molecule has 0 fully saturated rings. The SMILES string of the molecule is COCCCC(O)C(OC)C(C)C. The molecule has 0 aromatic heterocycles. The number of hydrogen-bond donors (Lipinski definition) is 1. The Bertz CT molecular complexity index is 115. The zero-order valence-corrected chi connectivity index (χ0v) is 9.12. The number of ether oxygens (including phenoxy) is 2. The average Bonchev–Trinajstić information content (AvgIpc) is 2.05. The van der Waals surface area contributed by atoms with E-state index in [-0.39, 0.29) is 12.2 Å². The summed E-state index contributed by atoms with van der Waals surface area (Å²) in [6, 6.07) is 0. The molecule has 3 heteroatoms. The molecule has 2 unspecified atom stereocenters. The van der Waals surface area contributed by atoms with Crippen molar-refractivity contribution < 1.29 is 14.6 Å². The highest BCUT2D eigenvalue weighted by molar-refractivity contribution is 4.71. The van der Waals surface area contributed by atoms with E-state index in [1.165, 1.54) is 0 Å². The molecular formula is C10H22O3. The van der Waals surface area contributed by atoms with Crippen LogP contribution in [0.25, 0.3) is 0 Å². The normalized spacial score (nSPS) is 16.2. The Morgan fingerprint density at radius 1 is 1.23 bits per heavy atom. The second kappa shape index (κ2) is 7.30. The molecule has 0 aliphatic carbocycles. The molecule has 2 atom stereocenters. The van der Waals surface area contributed by atoms with Crippen LogP contribution >= 0.6 is 0 Å². The van der Waals surface area contributed by atoms with Crippen LogP contribution in [0.1, 0.15) is 26.7 Å². The van der Waals surface area contributed by atoms with E-state index in [9.17, 15) is 5.11 Å². The maximum Gasteiger partial charge on any atom is 0.0852 e. The fraction of sp³-hybridized carbons (Fsp3) is 1.00. The van der Waals surface area contributed by atoms with Gasteiger partial charge in [-0.25, -0.2) is 0 Å². The van der Waals surface area contributed by atoms with Gasteiger partial charge in [-0.2, -0.15) is 0 Å². The molecule has 13 heavy (non-hydrogen) atoms. The summed E-state index contributed by atoms with van der Waals surface area (Å²) < 4.78 is 10.1. The smallest absolute Gasteiger partial charge is 0.0852 e. The lowest BCUT2D eigenvalue weighted by atomic mass is 9.98. The summed E-state index contributed by atoms with van der Waals surface area (Å²) in [5.74, 6) is 0.350. The van der Waals surface area contributed by atoms with Gasteiger partial charge in [0, 0.05) is 20.8 Å². The van der Waals surface area contributed by atoms with E-state index < -0.39 is 0 Å². The van der Waals surface area contributed by atoms with Crippen molar-refractivity contribution in [3.63, 3.8) is 0 Å². The van der Waals surface area contributed by atoms with Crippen LogP contribution in [0, 0.1) is 5.92 Å². The lowest BCUT2D eigenvalue weighted by molar-refractivity contribution is -0.0431. The summed E-state index contributed by atoms with van der Waals surface area (Å²) in [5.41, 5.74) is 0. The van der Waals surface area contributed by atoms with Crippen LogP contribution in [0.2, 0.25) is 0 Å². The summed E-state index contributed by atoms with van der Waals surface area (Å²) in [5, 5.41) is 9.73. The highest BCUT2D eigenvalue weighted by Crippen LogP contribution is 2.14. The molecule has 1 N–H and O–H groups in total. The Morgan fingerprint density at radius 3 is 2.23 bits per heavy atom. The molecule has 0 rings (SSSR count). The topological polar surface area (TPSA) is 38.7 Å². The van der Waals surface area contributed by atoms with Crippen molar-refractivity contribution in [3.05, 3.63) is 0 Å². The van der Waals surface area contributed by atoms with E-state index in [0.717, 1.165) is 12.8 Å². The second-order valence-corrected chi connectivity index (χ2v) is 3.65. The highest BCUT2D eigenvalue weighted by Gasteiger charge is 2.21. The van der Waals surface area contributed by atoms with Crippen LogP contribution < -0.4 is 0 Å². The summed E-state index contributed by atoms with van der Waals surface area (Å²) >= 11 is 0. The molecule has 3 nitrogen and oxygen atoms in total. The van der Waals surface area contributed by atoms with Gasteiger partial charge in [-0.1, -0.05) is 13.8 Å². The predicted molar refractivity (Wildman–Crippen MR) is 52.8 cm³/mol. The fourth-order valence-corrected chi connectivity index (χ4v) is 1.47. The fourth-order valence-electron chi connectivity index (χ4n) is 1.47. The van der Waals surface area contributed by atoms with Crippen molar-refractivity contribution in [2.75, 3.05) is 20.8 Å². The maximum absolute atomic E-state index is 9.73. The molecule has 0 heterocycles. The van der Waals surface area contributed by atoms with E-state index >= 15 is 0 Å². The lowest BCUT2D eigenvalue weighted by Crippen LogP contribution is -2.32. The minimum Gasteiger partial charge on any atom is -0.390 e. The summed E-state index contributed by atoms with van der Waals surface area (Å²) in [7, 11) is 3.31. The molecule has 0 aromatic carbocycles. The van der Waals surface area contributed by atoms with Crippen molar-refractivity contribution in [2.45, 2.75) is 38.9 Å². The van der Waals surface area contributed by atoms with Gasteiger partial charge in [0.05, 0.1) is 12.2 Å². The monoisotopic (exact) mass is 190 g/mol. The lowest BCUT2D eigenvalue weighted by Gasteiger charge is -2.24. The molecule has 0 bridgehead atoms. The van der Waals surface area contributed by atoms with Gasteiger partial charge < -0.3 is 14.6 Å². The number of aliphatic hydroxyl groups is 1. The Kier molecular flexibility index (Phi) is 7.23. The zero-order valence-electron chi connectivity index (χ0n) is 9.12. The maximum atomic E-state index is 9.73. The molecule has 0 saturated carbocycles. The van der Waals surface area contributed by atoms with Gasteiger partial charge >= 0.3 is 0 Å². The third-order valence-corrected chi connectivity index (χ3v) is 2.16. The van der Waals surface area contributed by atoms with Crippen LogP contribution in [0.15, 0.2) is 0 Å². The van der Waals surface area contributed by atoms with Crippen LogP contribution in [-0.2, 0) is 9.47 Å². The molecule has 0 aliphatic heterocycles. The van der Waals surface area contributed by atoms with Crippen molar-refractivity contribution in [1.82, 2.24) is 0 Å². The first-order valence-corrected chi connectivity index (χ1v) is 4.83. The van der Waals surface area contributed by atoms with E-state index in [2.05, 4.69) is 0 Å². The van der Waals surface area contributed by atoms with E-state index in [1.54, 1.807) is 14.2 Å².